The summed E-state index contributed by atoms with van der Waals surface area (Å²) in [6, 6.07) is 0. The summed E-state index contributed by atoms with van der Waals surface area (Å²) >= 11 is 0. The molecule has 0 aromatic carbocycles. The van der Waals surface area contributed by atoms with Crippen LogP contribution < -0.4 is 5.73 Å². The molecule has 0 aliphatic heterocycles. The van der Waals surface area contributed by atoms with Crippen molar-refractivity contribution in [3.8, 4) is 0 Å². The van der Waals surface area contributed by atoms with Crippen molar-refractivity contribution in [2.24, 2.45) is 17.6 Å². The molecule has 0 heterocycles. The molecule has 0 amide bonds. The third-order valence-electron chi connectivity index (χ3n) is 1.49. The second-order valence-corrected chi connectivity index (χ2v) is 2.69. The van der Waals surface area contributed by atoms with E-state index in [1.54, 1.807) is 6.08 Å². The Balaban J connectivity index is 3.76. The SMILES string of the molecule is CC(C)C(C)/C=C(/N)O. The molecule has 0 aliphatic carbocycles. The fourth-order valence-corrected chi connectivity index (χ4v) is 0.462. The van der Waals surface area contributed by atoms with E-state index in [9.17, 15) is 0 Å². The van der Waals surface area contributed by atoms with Crippen molar-refractivity contribution in [2.75, 3.05) is 0 Å². The molecule has 54 valence electrons. The summed E-state index contributed by atoms with van der Waals surface area (Å²) in [5, 5.41) is 8.61. The second-order valence-electron chi connectivity index (χ2n) is 2.69. The van der Waals surface area contributed by atoms with E-state index in [1.807, 2.05) is 6.92 Å². The third kappa shape index (κ3) is 3.88. The maximum atomic E-state index is 8.61. The van der Waals surface area contributed by atoms with Crippen molar-refractivity contribution in [1.82, 2.24) is 0 Å². The van der Waals surface area contributed by atoms with Gasteiger partial charge in [0, 0.05) is 0 Å². The van der Waals surface area contributed by atoms with Gasteiger partial charge in [-0.05, 0) is 17.9 Å². The first kappa shape index (κ1) is 8.34. The van der Waals surface area contributed by atoms with Crippen LogP contribution in [-0.2, 0) is 0 Å². The molecule has 0 saturated heterocycles. The van der Waals surface area contributed by atoms with Crippen molar-refractivity contribution in [2.45, 2.75) is 20.8 Å². The summed E-state index contributed by atoms with van der Waals surface area (Å²) < 4.78 is 0. The van der Waals surface area contributed by atoms with Crippen molar-refractivity contribution in [1.29, 1.82) is 0 Å². The minimum absolute atomic E-state index is 0.0730. The molecule has 9 heavy (non-hydrogen) atoms. The Morgan fingerprint density at radius 1 is 1.44 bits per heavy atom. The molecule has 3 N–H and O–H groups in total. The number of hydrogen-bond acceptors (Lipinski definition) is 2. The van der Waals surface area contributed by atoms with Gasteiger partial charge in [-0.3, -0.25) is 0 Å². The van der Waals surface area contributed by atoms with E-state index in [1.165, 1.54) is 0 Å². The van der Waals surface area contributed by atoms with Gasteiger partial charge in [-0.25, -0.2) is 0 Å². The number of rotatable bonds is 2. The van der Waals surface area contributed by atoms with Crippen LogP contribution in [0.4, 0.5) is 0 Å². The number of hydrogen-bond donors (Lipinski definition) is 2. The summed E-state index contributed by atoms with van der Waals surface area (Å²) in [6.07, 6.45) is 1.66. The summed E-state index contributed by atoms with van der Waals surface area (Å²) in [4.78, 5) is 0. The summed E-state index contributed by atoms with van der Waals surface area (Å²) in [6.45, 7) is 6.20. The summed E-state index contributed by atoms with van der Waals surface area (Å²) in [5.74, 6) is 0.821. The number of nitrogens with two attached hydrogens (primary N) is 1. The molecule has 2 nitrogen and oxygen atoms in total. The smallest absolute Gasteiger partial charge is 0.177 e. The van der Waals surface area contributed by atoms with Gasteiger partial charge >= 0.3 is 0 Å². The molecule has 0 aromatic rings. The Morgan fingerprint density at radius 3 is 2.00 bits per heavy atom. The van der Waals surface area contributed by atoms with Gasteiger partial charge in [0.15, 0.2) is 5.88 Å². The third-order valence-corrected chi connectivity index (χ3v) is 1.49. The molecule has 0 saturated carbocycles. The molecular weight excluding hydrogens is 114 g/mol. The Labute approximate surface area is 56.4 Å². The van der Waals surface area contributed by atoms with Crippen LogP contribution in [0.1, 0.15) is 20.8 Å². The minimum atomic E-state index is -0.0730. The van der Waals surface area contributed by atoms with Gasteiger partial charge in [-0.1, -0.05) is 20.8 Å². The Hall–Kier alpha value is -0.660. The van der Waals surface area contributed by atoms with Gasteiger partial charge in [0.1, 0.15) is 0 Å². The molecule has 1 atom stereocenters. The predicted molar refractivity (Wildman–Crippen MR) is 38.9 cm³/mol. The number of aliphatic hydroxyl groups excluding tert-OH is 1. The largest absolute Gasteiger partial charge is 0.495 e. The normalized spacial score (nSPS) is 16.2. The lowest BCUT2D eigenvalue weighted by atomic mass is 9.98. The van der Waals surface area contributed by atoms with Gasteiger partial charge in [0.2, 0.25) is 0 Å². The monoisotopic (exact) mass is 129 g/mol. The molecule has 0 aromatic heterocycles. The molecule has 0 radical (unpaired) electrons. The maximum Gasteiger partial charge on any atom is 0.177 e. The first-order valence-corrected chi connectivity index (χ1v) is 3.20. The van der Waals surface area contributed by atoms with E-state index in [2.05, 4.69) is 13.8 Å². The van der Waals surface area contributed by atoms with Gasteiger partial charge < -0.3 is 10.8 Å². The highest BCUT2D eigenvalue weighted by Gasteiger charge is 2.02. The second kappa shape index (κ2) is 3.38. The summed E-state index contributed by atoms with van der Waals surface area (Å²) in [7, 11) is 0. The Kier molecular flexibility index (Phi) is 3.13. The van der Waals surface area contributed by atoms with Crippen molar-refractivity contribution in [3.63, 3.8) is 0 Å². The molecule has 0 bridgehead atoms. The highest BCUT2D eigenvalue weighted by atomic mass is 16.3. The Bertz CT molecular complexity index is 103. The van der Waals surface area contributed by atoms with Crippen molar-refractivity contribution >= 4 is 0 Å². The zero-order valence-corrected chi connectivity index (χ0v) is 6.26. The highest BCUT2D eigenvalue weighted by Crippen LogP contribution is 2.10. The van der Waals surface area contributed by atoms with Gasteiger partial charge in [0.25, 0.3) is 0 Å². The summed E-state index contributed by atoms with van der Waals surface area (Å²) in [5.41, 5.74) is 5.05. The van der Waals surface area contributed by atoms with E-state index in [4.69, 9.17) is 10.8 Å². The van der Waals surface area contributed by atoms with E-state index in [0.717, 1.165) is 0 Å². The van der Waals surface area contributed by atoms with Gasteiger partial charge in [0.05, 0.1) is 0 Å². The van der Waals surface area contributed by atoms with Crippen LogP contribution in [0.5, 0.6) is 0 Å². The van der Waals surface area contributed by atoms with E-state index in [0.29, 0.717) is 11.8 Å². The molecular formula is C7H15NO. The average molecular weight is 129 g/mol. The minimum Gasteiger partial charge on any atom is -0.495 e. The van der Waals surface area contributed by atoms with Gasteiger partial charge in [-0.2, -0.15) is 0 Å². The van der Waals surface area contributed by atoms with E-state index >= 15 is 0 Å². The Morgan fingerprint density at radius 2 is 1.89 bits per heavy atom. The van der Waals surface area contributed by atoms with Crippen LogP contribution in [-0.4, -0.2) is 5.11 Å². The van der Waals surface area contributed by atoms with Crippen molar-refractivity contribution in [3.05, 3.63) is 12.0 Å². The predicted octanol–water partition coefficient (Wildman–Crippen LogP) is 1.64. The highest BCUT2D eigenvalue weighted by molar-refractivity contribution is 4.89. The molecule has 0 aliphatic rings. The van der Waals surface area contributed by atoms with Crippen molar-refractivity contribution < 1.29 is 5.11 Å². The topological polar surface area (TPSA) is 46.2 Å². The zero-order valence-electron chi connectivity index (χ0n) is 6.26. The van der Waals surface area contributed by atoms with Crippen LogP contribution in [0, 0.1) is 11.8 Å². The molecule has 0 fully saturated rings. The quantitative estimate of drug-likeness (QED) is 0.557. The van der Waals surface area contributed by atoms with Crippen LogP contribution in [0.25, 0.3) is 0 Å². The lowest BCUT2D eigenvalue weighted by Crippen LogP contribution is -2.04. The zero-order chi connectivity index (χ0) is 7.44. The van der Waals surface area contributed by atoms with Crippen LogP contribution in [0.2, 0.25) is 0 Å². The lowest BCUT2D eigenvalue weighted by molar-refractivity contribution is 0.387. The average Bonchev–Trinajstić information content (AvgIpc) is 1.63. The van der Waals surface area contributed by atoms with E-state index < -0.39 is 0 Å². The fourth-order valence-electron chi connectivity index (χ4n) is 0.462. The first-order chi connectivity index (χ1) is 4.04. The molecule has 0 rings (SSSR count). The van der Waals surface area contributed by atoms with Crippen LogP contribution in [0.3, 0.4) is 0 Å². The molecule has 1 unspecified atom stereocenters. The first-order valence-electron chi connectivity index (χ1n) is 3.20. The van der Waals surface area contributed by atoms with Crippen LogP contribution >= 0.6 is 0 Å². The lowest BCUT2D eigenvalue weighted by Gasteiger charge is -2.09. The molecule has 0 spiro atoms. The van der Waals surface area contributed by atoms with E-state index in [-0.39, 0.29) is 5.88 Å². The standard InChI is InChI=1S/C7H15NO/c1-5(2)6(3)4-7(8)9/h4-6,9H,8H2,1-3H3/b7-4-. The number of aliphatic hydroxyl groups is 1. The van der Waals surface area contributed by atoms with Crippen LogP contribution in [0.15, 0.2) is 12.0 Å². The van der Waals surface area contributed by atoms with Gasteiger partial charge in [-0.15, -0.1) is 0 Å². The fraction of sp³-hybridized carbons (Fsp3) is 0.714. The number of allylic oxidation sites excluding steroid dienone is 1. The maximum absolute atomic E-state index is 8.61. The molecule has 2 heteroatoms.